The second-order valence-corrected chi connectivity index (χ2v) is 4.77. The number of hydrogen-bond acceptors (Lipinski definition) is 3. The van der Waals surface area contributed by atoms with Gasteiger partial charge in [0.25, 0.3) is 0 Å². The highest BCUT2D eigenvalue weighted by molar-refractivity contribution is 4.81. The van der Waals surface area contributed by atoms with Crippen LogP contribution in [0, 0.1) is 5.92 Å². The zero-order valence-corrected chi connectivity index (χ0v) is 10.2. The first-order valence-corrected chi connectivity index (χ1v) is 6.40. The summed E-state index contributed by atoms with van der Waals surface area (Å²) in [6, 6.07) is 0. The molecule has 0 amide bonds. The molecule has 1 aromatic heterocycles. The van der Waals surface area contributed by atoms with Crippen molar-refractivity contribution in [2.24, 2.45) is 13.0 Å². The lowest BCUT2D eigenvalue weighted by atomic mass is 10.0. The molecule has 0 radical (unpaired) electrons. The van der Waals surface area contributed by atoms with Gasteiger partial charge in [-0.15, -0.1) is 0 Å². The smallest absolute Gasteiger partial charge is 0.140 e. The molecule has 1 N–H and O–H groups in total. The summed E-state index contributed by atoms with van der Waals surface area (Å²) in [6.07, 6.45) is 10.1. The fourth-order valence-corrected chi connectivity index (χ4v) is 2.50. The summed E-state index contributed by atoms with van der Waals surface area (Å²) in [6.45, 7) is 1.94. The standard InChI is InChI=1S/C12H22N4/c1-16-12(14-10-15-16)9-13-8-4-7-11-5-2-3-6-11/h10-11,13H,2-9H2,1H3. The van der Waals surface area contributed by atoms with E-state index >= 15 is 0 Å². The van der Waals surface area contributed by atoms with Gasteiger partial charge in [0.05, 0.1) is 6.54 Å². The van der Waals surface area contributed by atoms with Crippen molar-refractivity contribution in [3.63, 3.8) is 0 Å². The molecule has 0 unspecified atom stereocenters. The van der Waals surface area contributed by atoms with Crippen LogP contribution in [0.25, 0.3) is 0 Å². The van der Waals surface area contributed by atoms with Crippen molar-refractivity contribution in [2.75, 3.05) is 6.54 Å². The van der Waals surface area contributed by atoms with Crippen LogP contribution < -0.4 is 5.32 Å². The number of aromatic nitrogens is 3. The first-order valence-electron chi connectivity index (χ1n) is 6.40. The van der Waals surface area contributed by atoms with Crippen molar-refractivity contribution in [3.8, 4) is 0 Å². The summed E-state index contributed by atoms with van der Waals surface area (Å²) in [5.74, 6) is 2.03. The van der Waals surface area contributed by atoms with Gasteiger partial charge in [0, 0.05) is 7.05 Å². The van der Waals surface area contributed by atoms with E-state index in [0.29, 0.717) is 0 Å². The molecule has 1 fully saturated rings. The van der Waals surface area contributed by atoms with Crippen molar-refractivity contribution in [3.05, 3.63) is 12.2 Å². The van der Waals surface area contributed by atoms with E-state index in [9.17, 15) is 0 Å². The van der Waals surface area contributed by atoms with Gasteiger partial charge in [-0.05, 0) is 25.3 Å². The van der Waals surface area contributed by atoms with Crippen molar-refractivity contribution < 1.29 is 0 Å². The summed E-state index contributed by atoms with van der Waals surface area (Å²) >= 11 is 0. The van der Waals surface area contributed by atoms with Gasteiger partial charge >= 0.3 is 0 Å². The molecule has 4 nitrogen and oxygen atoms in total. The van der Waals surface area contributed by atoms with Crippen molar-refractivity contribution >= 4 is 0 Å². The fourth-order valence-electron chi connectivity index (χ4n) is 2.50. The molecule has 4 heteroatoms. The highest BCUT2D eigenvalue weighted by Crippen LogP contribution is 2.28. The number of nitrogens with one attached hydrogen (secondary N) is 1. The van der Waals surface area contributed by atoms with Crippen LogP contribution in [0.1, 0.15) is 44.3 Å². The summed E-state index contributed by atoms with van der Waals surface area (Å²) in [7, 11) is 1.93. The Morgan fingerprint density at radius 3 is 2.94 bits per heavy atom. The van der Waals surface area contributed by atoms with E-state index in [1.54, 1.807) is 6.33 Å². The minimum Gasteiger partial charge on any atom is -0.310 e. The largest absolute Gasteiger partial charge is 0.310 e. The van der Waals surface area contributed by atoms with E-state index in [1.807, 2.05) is 11.7 Å². The van der Waals surface area contributed by atoms with Gasteiger partial charge in [0.1, 0.15) is 12.2 Å². The van der Waals surface area contributed by atoms with Crippen LogP contribution >= 0.6 is 0 Å². The van der Waals surface area contributed by atoms with Gasteiger partial charge in [-0.2, -0.15) is 5.10 Å². The normalized spacial score (nSPS) is 17.1. The van der Waals surface area contributed by atoms with Gasteiger partial charge in [-0.3, -0.25) is 4.68 Å². The molecule has 2 rings (SSSR count). The Bertz CT molecular complexity index is 302. The third-order valence-corrected chi connectivity index (χ3v) is 3.53. The van der Waals surface area contributed by atoms with Gasteiger partial charge in [-0.25, -0.2) is 4.98 Å². The first kappa shape index (κ1) is 11.6. The van der Waals surface area contributed by atoms with Crippen molar-refractivity contribution in [2.45, 2.75) is 45.1 Å². The zero-order chi connectivity index (χ0) is 11.2. The molecule has 16 heavy (non-hydrogen) atoms. The average molecular weight is 222 g/mol. The Labute approximate surface area is 97.5 Å². The summed E-state index contributed by atoms with van der Waals surface area (Å²) in [5.41, 5.74) is 0. The second-order valence-electron chi connectivity index (χ2n) is 4.77. The van der Waals surface area contributed by atoms with Crippen LogP contribution in [0.3, 0.4) is 0 Å². The highest BCUT2D eigenvalue weighted by atomic mass is 15.3. The Hall–Kier alpha value is -0.900. The predicted octanol–water partition coefficient (Wildman–Crippen LogP) is 1.88. The van der Waals surface area contributed by atoms with Crippen molar-refractivity contribution in [1.82, 2.24) is 20.1 Å². The molecule has 1 saturated carbocycles. The van der Waals surface area contributed by atoms with Crippen LogP contribution in [-0.2, 0) is 13.6 Å². The summed E-state index contributed by atoms with van der Waals surface area (Å²) in [5, 5.41) is 7.47. The highest BCUT2D eigenvalue weighted by Gasteiger charge is 2.13. The summed E-state index contributed by atoms with van der Waals surface area (Å²) < 4.78 is 1.82. The van der Waals surface area contributed by atoms with E-state index in [-0.39, 0.29) is 0 Å². The van der Waals surface area contributed by atoms with E-state index in [4.69, 9.17) is 0 Å². The lowest BCUT2D eigenvalue weighted by Crippen LogP contribution is -2.18. The van der Waals surface area contributed by atoms with Gasteiger partial charge in [-0.1, -0.05) is 25.7 Å². The topological polar surface area (TPSA) is 42.7 Å². The van der Waals surface area contributed by atoms with Crippen molar-refractivity contribution in [1.29, 1.82) is 0 Å². The maximum absolute atomic E-state index is 4.18. The van der Waals surface area contributed by atoms with E-state index in [1.165, 1.54) is 38.5 Å². The first-order chi connectivity index (χ1) is 7.86. The summed E-state index contributed by atoms with van der Waals surface area (Å²) in [4.78, 5) is 4.18. The van der Waals surface area contributed by atoms with E-state index in [2.05, 4.69) is 15.4 Å². The number of nitrogens with zero attached hydrogens (tertiary/aromatic N) is 3. The fraction of sp³-hybridized carbons (Fsp3) is 0.833. The lowest BCUT2D eigenvalue weighted by molar-refractivity contribution is 0.467. The lowest BCUT2D eigenvalue weighted by Gasteiger charge is -2.08. The third-order valence-electron chi connectivity index (χ3n) is 3.53. The molecule has 1 aliphatic carbocycles. The zero-order valence-electron chi connectivity index (χ0n) is 10.2. The maximum atomic E-state index is 4.18. The molecule has 0 aliphatic heterocycles. The molecule has 0 aromatic carbocycles. The monoisotopic (exact) mass is 222 g/mol. The molecular weight excluding hydrogens is 200 g/mol. The van der Waals surface area contributed by atoms with Gasteiger partial charge in [0.15, 0.2) is 0 Å². The molecular formula is C12H22N4. The van der Waals surface area contributed by atoms with Crippen LogP contribution in [0.5, 0.6) is 0 Å². The number of hydrogen-bond donors (Lipinski definition) is 1. The Kier molecular flexibility index (Phi) is 4.34. The van der Waals surface area contributed by atoms with Crippen LogP contribution in [0.2, 0.25) is 0 Å². The molecule has 0 bridgehead atoms. The molecule has 0 spiro atoms. The van der Waals surface area contributed by atoms with Gasteiger partial charge < -0.3 is 5.32 Å². The van der Waals surface area contributed by atoms with Gasteiger partial charge in [0.2, 0.25) is 0 Å². The minimum atomic E-state index is 0.834. The molecule has 1 aliphatic rings. The molecule has 1 heterocycles. The maximum Gasteiger partial charge on any atom is 0.140 e. The Morgan fingerprint density at radius 2 is 2.25 bits per heavy atom. The van der Waals surface area contributed by atoms with E-state index in [0.717, 1.165) is 24.8 Å². The number of aryl methyl sites for hydroxylation is 1. The van der Waals surface area contributed by atoms with E-state index < -0.39 is 0 Å². The Balaban J connectivity index is 1.53. The molecule has 90 valence electrons. The van der Waals surface area contributed by atoms with Crippen LogP contribution in [-0.4, -0.2) is 21.3 Å². The minimum absolute atomic E-state index is 0.834. The second kappa shape index (κ2) is 5.99. The van der Waals surface area contributed by atoms with Crippen LogP contribution in [0.4, 0.5) is 0 Å². The average Bonchev–Trinajstić information content (AvgIpc) is 2.90. The SMILES string of the molecule is Cn1ncnc1CNCCCC1CCCC1. The van der Waals surface area contributed by atoms with Crippen LogP contribution in [0.15, 0.2) is 6.33 Å². The third kappa shape index (κ3) is 3.30. The molecule has 0 atom stereocenters. The number of rotatable bonds is 6. The molecule has 1 aromatic rings. The predicted molar refractivity (Wildman–Crippen MR) is 63.9 cm³/mol. The quantitative estimate of drug-likeness (QED) is 0.747. The Morgan fingerprint density at radius 1 is 1.44 bits per heavy atom. The molecule has 0 saturated heterocycles.